The van der Waals surface area contributed by atoms with Crippen LogP contribution in [-0.2, 0) is 0 Å². The van der Waals surface area contributed by atoms with Gasteiger partial charge in [-0.2, -0.15) is 5.26 Å². The van der Waals surface area contributed by atoms with Crippen LogP contribution >= 0.6 is 0 Å². The van der Waals surface area contributed by atoms with Crippen LogP contribution in [0.25, 0.3) is 16.8 Å². The number of hydrogen-bond acceptors (Lipinski definition) is 1. The van der Waals surface area contributed by atoms with Crippen molar-refractivity contribution in [2.45, 2.75) is 0 Å². The van der Waals surface area contributed by atoms with Crippen molar-refractivity contribution in [3.05, 3.63) is 54.1 Å². The molecule has 2 aromatic carbocycles. The van der Waals surface area contributed by atoms with Gasteiger partial charge in [-0.3, -0.25) is 0 Å². The lowest BCUT2D eigenvalue weighted by Crippen LogP contribution is -1.82. The molecule has 0 bridgehead atoms. The molecule has 0 saturated heterocycles. The van der Waals surface area contributed by atoms with Gasteiger partial charge in [0.05, 0.1) is 11.6 Å². The lowest BCUT2D eigenvalue weighted by molar-refractivity contribution is 1.50. The number of fused-ring (bicyclic) bond motifs is 1. The normalized spacial score (nSPS) is 9.64. The Labute approximate surface area is 82.9 Å². The smallest absolute Gasteiger partial charge is 0.0998 e. The van der Waals surface area contributed by atoms with E-state index in [-0.39, 0.29) is 0 Å². The molecular formula is C13H9N. The highest BCUT2D eigenvalue weighted by Crippen LogP contribution is 2.22. The van der Waals surface area contributed by atoms with Crippen molar-refractivity contribution in [2.24, 2.45) is 0 Å². The minimum absolute atomic E-state index is 0.714. The Kier molecular flexibility index (Phi) is 2.04. The first-order valence-electron chi connectivity index (χ1n) is 4.41. The Morgan fingerprint density at radius 2 is 1.79 bits per heavy atom. The van der Waals surface area contributed by atoms with Gasteiger partial charge in [0.2, 0.25) is 0 Å². The van der Waals surface area contributed by atoms with Crippen LogP contribution in [0.5, 0.6) is 0 Å². The molecule has 0 spiro atoms. The highest BCUT2D eigenvalue weighted by molar-refractivity contribution is 5.94. The third-order valence-corrected chi connectivity index (χ3v) is 2.30. The van der Waals surface area contributed by atoms with Crippen molar-refractivity contribution in [2.75, 3.05) is 0 Å². The predicted molar refractivity (Wildman–Crippen MR) is 58.8 cm³/mol. The van der Waals surface area contributed by atoms with Crippen LogP contribution < -0.4 is 0 Å². The van der Waals surface area contributed by atoms with Crippen molar-refractivity contribution in [3.8, 4) is 6.07 Å². The fourth-order valence-electron chi connectivity index (χ4n) is 1.60. The maximum Gasteiger partial charge on any atom is 0.0998 e. The van der Waals surface area contributed by atoms with Crippen molar-refractivity contribution in [1.29, 1.82) is 5.26 Å². The van der Waals surface area contributed by atoms with Crippen LogP contribution in [0, 0.1) is 11.3 Å². The Morgan fingerprint density at radius 1 is 1.07 bits per heavy atom. The van der Waals surface area contributed by atoms with E-state index >= 15 is 0 Å². The van der Waals surface area contributed by atoms with E-state index in [1.54, 1.807) is 0 Å². The minimum atomic E-state index is 0.714. The molecule has 0 atom stereocenters. The van der Waals surface area contributed by atoms with Crippen molar-refractivity contribution < 1.29 is 0 Å². The molecule has 0 aromatic heterocycles. The summed E-state index contributed by atoms with van der Waals surface area (Å²) < 4.78 is 0. The van der Waals surface area contributed by atoms with E-state index in [1.807, 2.05) is 42.5 Å². The van der Waals surface area contributed by atoms with E-state index in [9.17, 15) is 0 Å². The Balaban J connectivity index is 2.93. The maximum absolute atomic E-state index is 8.92. The topological polar surface area (TPSA) is 23.8 Å². The highest BCUT2D eigenvalue weighted by Gasteiger charge is 2.01. The Bertz CT molecular complexity index is 532. The zero-order valence-corrected chi connectivity index (χ0v) is 7.70. The van der Waals surface area contributed by atoms with Crippen LogP contribution in [0.3, 0.4) is 0 Å². The third-order valence-electron chi connectivity index (χ3n) is 2.30. The van der Waals surface area contributed by atoms with E-state index < -0.39 is 0 Å². The molecule has 0 aliphatic rings. The van der Waals surface area contributed by atoms with E-state index in [0.29, 0.717) is 5.56 Å². The van der Waals surface area contributed by atoms with Gasteiger partial charge in [0.15, 0.2) is 0 Å². The Hall–Kier alpha value is -2.07. The summed E-state index contributed by atoms with van der Waals surface area (Å²) in [6, 6.07) is 13.8. The van der Waals surface area contributed by atoms with Crippen LogP contribution in [0.4, 0.5) is 0 Å². The SMILES string of the molecule is C=Cc1ccc(C#N)c2ccccc12. The number of rotatable bonds is 1. The number of nitriles is 1. The standard InChI is InChI=1S/C13H9N/c1-2-10-7-8-11(9-14)13-6-4-3-5-12(10)13/h2-8H,1H2. The lowest BCUT2D eigenvalue weighted by Gasteiger charge is -2.03. The first-order valence-corrected chi connectivity index (χ1v) is 4.41. The van der Waals surface area contributed by atoms with Gasteiger partial charge >= 0.3 is 0 Å². The molecule has 0 N–H and O–H groups in total. The van der Waals surface area contributed by atoms with Crippen LogP contribution in [0.1, 0.15) is 11.1 Å². The summed E-state index contributed by atoms with van der Waals surface area (Å²) in [4.78, 5) is 0. The second-order valence-corrected chi connectivity index (χ2v) is 3.06. The molecule has 0 radical (unpaired) electrons. The zero-order valence-electron chi connectivity index (χ0n) is 7.70. The molecule has 14 heavy (non-hydrogen) atoms. The predicted octanol–water partition coefficient (Wildman–Crippen LogP) is 3.35. The molecule has 0 heterocycles. The van der Waals surface area contributed by atoms with Gasteiger partial charge in [-0.25, -0.2) is 0 Å². The Morgan fingerprint density at radius 3 is 2.43 bits per heavy atom. The molecule has 1 nitrogen and oxygen atoms in total. The van der Waals surface area contributed by atoms with E-state index in [2.05, 4.69) is 12.6 Å². The fourth-order valence-corrected chi connectivity index (χ4v) is 1.60. The van der Waals surface area contributed by atoms with Crippen molar-refractivity contribution in [3.63, 3.8) is 0 Å². The summed E-state index contributed by atoms with van der Waals surface area (Å²) in [6.07, 6.45) is 1.81. The molecule has 0 saturated carbocycles. The van der Waals surface area contributed by atoms with E-state index in [0.717, 1.165) is 16.3 Å². The summed E-state index contributed by atoms with van der Waals surface area (Å²) in [6.45, 7) is 3.75. The first-order chi connectivity index (χ1) is 6.86. The summed E-state index contributed by atoms with van der Waals surface area (Å²) in [5.74, 6) is 0. The molecule has 2 rings (SSSR count). The summed E-state index contributed by atoms with van der Waals surface area (Å²) in [7, 11) is 0. The van der Waals surface area contributed by atoms with Crippen molar-refractivity contribution in [1.82, 2.24) is 0 Å². The maximum atomic E-state index is 8.92. The van der Waals surface area contributed by atoms with Gasteiger partial charge in [0.1, 0.15) is 0 Å². The van der Waals surface area contributed by atoms with Gasteiger partial charge in [0, 0.05) is 5.39 Å². The third kappa shape index (κ3) is 1.18. The van der Waals surface area contributed by atoms with Gasteiger partial charge < -0.3 is 0 Å². The van der Waals surface area contributed by atoms with Crippen LogP contribution in [0.15, 0.2) is 43.0 Å². The minimum Gasteiger partial charge on any atom is -0.192 e. The molecule has 0 unspecified atom stereocenters. The monoisotopic (exact) mass is 179 g/mol. The molecule has 0 aliphatic carbocycles. The molecule has 66 valence electrons. The number of nitrogens with zero attached hydrogens (tertiary/aromatic N) is 1. The molecule has 0 amide bonds. The molecule has 2 aromatic rings. The van der Waals surface area contributed by atoms with Gasteiger partial charge in [-0.05, 0) is 17.0 Å². The second kappa shape index (κ2) is 3.35. The molecular weight excluding hydrogens is 170 g/mol. The van der Waals surface area contributed by atoms with Crippen molar-refractivity contribution >= 4 is 16.8 Å². The van der Waals surface area contributed by atoms with Gasteiger partial charge in [-0.1, -0.05) is 43.0 Å². The summed E-state index contributed by atoms with van der Waals surface area (Å²) in [5.41, 5.74) is 1.78. The second-order valence-electron chi connectivity index (χ2n) is 3.06. The zero-order chi connectivity index (χ0) is 9.97. The van der Waals surface area contributed by atoms with Gasteiger partial charge in [0.25, 0.3) is 0 Å². The fraction of sp³-hybridized carbons (Fsp3) is 0. The quantitative estimate of drug-likeness (QED) is 0.658. The number of hydrogen-bond donors (Lipinski definition) is 0. The van der Waals surface area contributed by atoms with Gasteiger partial charge in [-0.15, -0.1) is 0 Å². The first kappa shape index (κ1) is 8.52. The van der Waals surface area contributed by atoms with Crippen LogP contribution in [0.2, 0.25) is 0 Å². The largest absolute Gasteiger partial charge is 0.192 e. The summed E-state index contributed by atoms with van der Waals surface area (Å²) >= 11 is 0. The highest BCUT2D eigenvalue weighted by atomic mass is 14.2. The summed E-state index contributed by atoms with van der Waals surface area (Å²) in [5, 5.41) is 11.0. The molecule has 0 aliphatic heterocycles. The van der Waals surface area contributed by atoms with Crippen LogP contribution in [-0.4, -0.2) is 0 Å². The van der Waals surface area contributed by atoms with E-state index in [4.69, 9.17) is 5.26 Å². The molecule has 1 heteroatoms. The lowest BCUT2D eigenvalue weighted by atomic mass is 10.0. The molecule has 0 fully saturated rings. The number of benzene rings is 2. The average molecular weight is 179 g/mol. The van der Waals surface area contributed by atoms with E-state index in [1.165, 1.54) is 0 Å². The average Bonchev–Trinajstić information content (AvgIpc) is 2.27.